The SMILES string of the molecule is [2H]/C(=C\c1ccc(OC)c(OC)c1)C(=O)CC(=O)/C([2H])=C(\[2H])c1ccc(O)c(OC([2H])([2H])[2H])c1. The van der Waals surface area contributed by atoms with Crippen LogP contribution in [0.1, 0.15) is 25.8 Å². The van der Waals surface area contributed by atoms with Crippen LogP contribution in [-0.2, 0) is 9.59 Å². The van der Waals surface area contributed by atoms with Gasteiger partial charge < -0.3 is 19.3 Å². The van der Waals surface area contributed by atoms with E-state index in [4.69, 9.17) is 17.7 Å². The maximum absolute atomic E-state index is 12.4. The van der Waals surface area contributed by atoms with E-state index in [0.717, 1.165) is 12.1 Å². The summed E-state index contributed by atoms with van der Waals surface area (Å²) in [4.78, 5) is 24.7. The van der Waals surface area contributed by atoms with Crippen molar-refractivity contribution < 1.29 is 37.1 Å². The van der Waals surface area contributed by atoms with Gasteiger partial charge in [0.05, 0.1) is 35.9 Å². The highest BCUT2D eigenvalue weighted by Crippen LogP contribution is 2.28. The highest BCUT2D eigenvalue weighted by Gasteiger charge is 2.06. The first-order valence-electron chi connectivity index (χ1n) is 11.0. The molecule has 0 aromatic heterocycles. The average Bonchev–Trinajstić information content (AvgIpc) is 2.78. The van der Waals surface area contributed by atoms with Gasteiger partial charge in [-0.3, -0.25) is 9.59 Å². The molecule has 2 rings (SSSR count). The fraction of sp³-hybridized carbons (Fsp3) is 0.182. The Morgan fingerprint density at radius 3 is 2.36 bits per heavy atom. The summed E-state index contributed by atoms with van der Waals surface area (Å²) in [5.74, 6) is -1.98. The molecule has 0 saturated heterocycles. The number of carbonyl (C=O) groups is 2. The first kappa shape index (κ1) is 13.6. The van der Waals surface area contributed by atoms with Gasteiger partial charge in [0.15, 0.2) is 34.6 Å². The third-order valence-electron chi connectivity index (χ3n) is 3.54. The van der Waals surface area contributed by atoms with Crippen molar-refractivity contribution in [3.63, 3.8) is 0 Å². The maximum Gasteiger partial charge on any atom is 0.163 e. The Hall–Kier alpha value is -3.54. The molecule has 146 valence electrons. The van der Waals surface area contributed by atoms with Crippen molar-refractivity contribution in [2.45, 2.75) is 6.42 Å². The number of phenolic OH excluding ortho intramolecular Hbond substituents is 1. The highest BCUT2D eigenvalue weighted by atomic mass is 16.5. The first-order chi connectivity index (χ1) is 15.9. The summed E-state index contributed by atoms with van der Waals surface area (Å²) in [5, 5.41) is 9.74. The molecule has 6 heteroatoms. The molecule has 0 aliphatic rings. The molecule has 0 spiro atoms. The van der Waals surface area contributed by atoms with Crippen molar-refractivity contribution in [3.8, 4) is 23.0 Å². The number of aromatic hydroxyl groups is 1. The number of phenols is 1. The second-order valence-corrected chi connectivity index (χ2v) is 5.46. The van der Waals surface area contributed by atoms with E-state index in [9.17, 15) is 14.7 Å². The Morgan fingerprint density at radius 2 is 1.64 bits per heavy atom. The van der Waals surface area contributed by atoms with Crippen LogP contribution in [0.2, 0.25) is 0 Å². The molecular weight excluding hydrogens is 360 g/mol. The van der Waals surface area contributed by atoms with E-state index in [-0.39, 0.29) is 5.56 Å². The molecule has 0 unspecified atom stereocenters. The number of rotatable bonds is 9. The number of hydrogen-bond donors (Lipinski definition) is 1. The largest absolute Gasteiger partial charge is 0.504 e. The van der Waals surface area contributed by atoms with Gasteiger partial charge in [0, 0.05) is 0 Å². The summed E-state index contributed by atoms with van der Waals surface area (Å²) >= 11 is 0. The van der Waals surface area contributed by atoms with Gasteiger partial charge in [-0.25, -0.2) is 0 Å². The van der Waals surface area contributed by atoms with Crippen LogP contribution in [0.5, 0.6) is 23.0 Å². The second kappa shape index (κ2) is 9.97. The van der Waals surface area contributed by atoms with Gasteiger partial charge in [0.1, 0.15) is 0 Å². The quantitative estimate of drug-likeness (QED) is 0.521. The van der Waals surface area contributed by atoms with Gasteiger partial charge in [-0.05, 0) is 47.5 Å². The summed E-state index contributed by atoms with van der Waals surface area (Å²) in [6.45, 7) is 0. The van der Waals surface area contributed by atoms with E-state index in [1.165, 1.54) is 26.4 Å². The lowest BCUT2D eigenvalue weighted by Crippen LogP contribution is -2.01. The van der Waals surface area contributed by atoms with E-state index in [0.29, 0.717) is 17.1 Å². The topological polar surface area (TPSA) is 82.1 Å². The maximum atomic E-state index is 12.4. The number of benzene rings is 2. The minimum absolute atomic E-state index is 0.0742. The van der Waals surface area contributed by atoms with Crippen LogP contribution >= 0.6 is 0 Å². The van der Waals surface area contributed by atoms with Crippen LogP contribution in [0, 0.1) is 0 Å². The Kier molecular flexibility index (Phi) is 4.84. The predicted molar refractivity (Wildman–Crippen MR) is 107 cm³/mol. The van der Waals surface area contributed by atoms with Gasteiger partial charge in [0.2, 0.25) is 0 Å². The normalized spacial score (nSPS) is 15.6. The molecule has 28 heavy (non-hydrogen) atoms. The van der Waals surface area contributed by atoms with Crippen molar-refractivity contribution in [2.24, 2.45) is 0 Å². The Labute approximate surface area is 172 Å². The molecule has 0 aliphatic carbocycles. The smallest absolute Gasteiger partial charge is 0.163 e. The Morgan fingerprint density at radius 1 is 0.964 bits per heavy atom. The molecule has 0 heterocycles. The number of methoxy groups -OCH3 is 3. The van der Waals surface area contributed by atoms with E-state index in [1.807, 2.05) is 0 Å². The van der Waals surface area contributed by atoms with E-state index in [1.54, 1.807) is 18.2 Å². The molecule has 0 radical (unpaired) electrons. The van der Waals surface area contributed by atoms with Crippen LogP contribution in [0.4, 0.5) is 0 Å². The van der Waals surface area contributed by atoms with Crippen LogP contribution in [0.15, 0.2) is 48.5 Å². The lowest BCUT2D eigenvalue weighted by atomic mass is 10.1. The van der Waals surface area contributed by atoms with Gasteiger partial charge >= 0.3 is 0 Å². The molecule has 2 aromatic rings. The number of ether oxygens (including phenoxy) is 3. The summed E-state index contributed by atoms with van der Waals surface area (Å²) in [5.41, 5.74) is 0.381. The number of carbonyl (C=O) groups excluding carboxylic acids is 2. The van der Waals surface area contributed by atoms with Crippen molar-refractivity contribution in [3.05, 3.63) is 59.6 Å². The van der Waals surface area contributed by atoms with Crippen LogP contribution in [0.25, 0.3) is 12.1 Å². The number of hydrogen-bond acceptors (Lipinski definition) is 6. The zero-order valence-corrected chi connectivity index (χ0v) is 15.2. The van der Waals surface area contributed by atoms with E-state index < -0.39 is 54.7 Å². The molecule has 0 bridgehead atoms. The van der Waals surface area contributed by atoms with Gasteiger partial charge in [0.25, 0.3) is 0 Å². The molecule has 2 aromatic carbocycles. The fourth-order valence-electron chi connectivity index (χ4n) is 2.16. The first-order valence-corrected chi connectivity index (χ1v) is 8.03. The van der Waals surface area contributed by atoms with Crippen molar-refractivity contribution in [1.82, 2.24) is 0 Å². The molecule has 6 nitrogen and oxygen atoms in total. The molecule has 1 N–H and O–H groups in total. The van der Waals surface area contributed by atoms with Crippen molar-refractivity contribution >= 4 is 23.7 Å². The summed E-state index contributed by atoms with van der Waals surface area (Å²) in [6.07, 6.45) is 0.408. The zero-order valence-electron chi connectivity index (χ0n) is 21.2. The van der Waals surface area contributed by atoms with E-state index in [2.05, 4.69) is 4.74 Å². The van der Waals surface area contributed by atoms with Crippen LogP contribution < -0.4 is 14.2 Å². The monoisotopic (exact) mass is 388 g/mol. The van der Waals surface area contributed by atoms with Gasteiger partial charge in [-0.1, -0.05) is 24.3 Å². The third-order valence-corrected chi connectivity index (χ3v) is 3.54. The molecule has 0 aliphatic heterocycles. The lowest BCUT2D eigenvalue weighted by molar-refractivity contribution is -0.121. The van der Waals surface area contributed by atoms with Gasteiger partial charge in [-0.15, -0.1) is 0 Å². The molecule has 0 atom stereocenters. The van der Waals surface area contributed by atoms with Crippen molar-refractivity contribution in [1.29, 1.82) is 0 Å². The molecule has 0 amide bonds. The van der Waals surface area contributed by atoms with Crippen LogP contribution in [-0.4, -0.2) is 37.9 Å². The lowest BCUT2D eigenvalue weighted by Gasteiger charge is -2.07. The Balaban J connectivity index is 2.21. The molecule has 0 saturated carbocycles. The molecular formula is C22H22O6. The predicted octanol–water partition coefficient (Wildman–Crippen LogP) is 3.67. The minimum Gasteiger partial charge on any atom is -0.504 e. The number of allylic oxidation sites excluding steroid dienone is 2. The summed E-state index contributed by atoms with van der Waals surface area (Å²) in [6, 6.07) is 6.06. The summed E-state index contributed by atoms with van der Waals surface area (Å²) < 4.78 is 60.2. The zero-order chi connectivity index (χ0) is 25.6. The Bertz CT molecular complexity index is 1150. The molecule has 0 fully saturated rings. The van der Waals surface area contributed by atoms with E-state index >= 15 is 0 Å². The standard InChI is InChI=1S/C22H22O6/c1-26-20-11-7-16(13-22(20)28-3)5-9-18(24)14-17(23)8-4-15-6-10-19(25)21(12-15)27-2/h4-13,25H,14H2,1-3H3/b8-4+,9-5+/i2D3,4D,8D,9D. The highest BCUT2D eigenvalue weighted by molar-refractivity contribution is 6.10. The number of ketones is 2. The van der Waals surface area contributed by atoms with Gasteiger partial charge in [-0.2, -0.15) is 0 Å². The van der Waals surface area contributed by atoms with Crippen LogP contribution in [0.3, 0.4) is 0 Å². The second-order valence-electron chi connectivity index (χ2n) is 5.46. The van der Waals surface area contributed by atoms with Crippen molar-refractivity contribution in [2.75, 3.05) is 21.3 Å². The average molecular weight is 388 g/mol. The fourth-order valence-corrected chi connectivity index (χ4v) is 2.16. The third kappa shape index (κ3) is 5.74. The minimum atomic E-state index is -2.86. The summed E-state index contributed by atoms with van der Waals surface area (Å²) in [7, 11) is 0.0345.